The number of nitrogens with zero attached hydrogens (tertiary/aromatic N) is 1. The maximum Gasteiger partial charge on any atom is 0.317 e. The largest absolute Gasteiger partial charge is 0.480 e. The number of carboxylic acids is 1. The van der Waals surface area contributed by atoms with E-state index < -0.39 is 11.8 Å². The number of carbonyl (C=O) groups is 1. The van der Waals surface area contributed by atoms with E-state index in [9.17, 15) is 4.79 Å². The van der Waals surface area contributed by atoms with E-state index in [0.717, 1.165) is 32.1 Å². The summed E-state index contributed by atoms with van der Waals surface area (Å²) in [6.07, 6.45) is 4.39. The Labute approximate surface area is 112 Å². The number of rotatable bonds is 2. The van der Waals surface area contributed by atoms with Gasteiger partial charge in [-0.3, -0.25) is 9.69 Å². The van der Waals surface area contributed by atoms with Gasteiger partial charge in [-0.1, -0.05) is 0 Å². The van der Waals surface area contributed by atoms with E-state index in [4.69, 9.17) is 20.3 Å². The molecule has 1 aliphatic carbocycles. The Hall–Kier alpha value is -0.690. The van der Waals surface area contributed by atoms with Crippen molar-refractivity contribution < 1.29 is 19.4 Å². The van der Waals surface area contributed by atoms with Crippen LogP contribution in [0.2, 0.25) is 0 Å². The van der Waals surface area contributed by atoms with Gasteiger partial charge in [0, 0.05) is 31.0 Å². The Balaban J connectivity index is 1.70. The summed E-state index contributed by atoms with van der Waals surface area (Å²) < 4.78 is 11.5. The molecule has 2 saturated heterocycles. The summed E-state index contributed by atoms with van der Waals surface area (Å²) >= 11 is 0. The lowest BCUT2D eigenvalue weighted by Crippen LogP contribution is -2.52. The van der Waals surface area contributed by atoms with Gasteiger partial charge >= 0.3 is 5.97 Å². The molecule has 0 radical (unpaired) electrons. The lowest BCUT2D eigenvalue weighted by Gasteiger charge is -2.46. The Morgan fingerprint density at radius 1 is 1.26 bits per heavy atom. The van der Waals surface area contributed by atoms with Crippen LogP contribution in [0.25, 0.3) is 0 Å². The third kappa shape index (κ3) is 2.38. The molecule has 3 aliphatic rings. The molecule has 3 N–H and O–H groups in total. The second kappa shape index (κ2) is 4.70. The minimum atomic E-state index is -0.776. The molecule has 108 valence electrons. The molecule has 6 heteroatoms. The van der Waals surface area contributed by atoms with E-state index in [1.165, 1.54) is 0 Å². The van der Waals surface area contributed by atoms with Crippen LogP contribution in [-0.4, -0.2) is 59.6 Å². The van der Waals surface area contributed by atoms with Crippen LogP contribution in [0.15, 0.2) is 0 Å². The van der Waals surface area contributed by atoms with Crippen LogP contribution < -0.4 is 5.73 Å². The van der Waals surface area contributed by atoms with Crippen molar-refractivity contribution in [3.63, 3.8) is 0 Å². The fourth-order valence-corrected chi connectivity index (χ4v) is 3.96. The molecule has 0 aromatic carbocycles. The molecule has 0 unspecified atom stereocenters. The third-order valence-electron chi connectivity index (χ3n) is 4.85. The summed E-state index contributed by atoms with van der Waals surface area (Å²) in [7, 11) is 0. The van der Waals surface area contributed by atoms with Crippen LogP contribution >= 0.6 is 0 Å². The fourth-order valence-electron chi connectivity index (χ4n) is 3.96. The second-order valence-electron chi connectivity index (χ2n) is 6.07. The number of likely N-dealkylation sites (tertiary alicyclic amines) is 1. The standard InChI is InChI=1S/C13H22N2O4/c14-10-7-12(15(8-10)9-11(16)17)1-3-13(4-2-12)18-5-6-19-13/h10H,1-9,14H2,(H,16,17)/t10-/m0/s1. The predicted molar refractivity (Wildman–Crippen MR) is 67.6 cm³/mol. The van der Waals surface area contributed by atoms with Crippen LogP contribution in [0.1, 0.15) is 32.1 Å². The first kappa shape index (κ1) is 13.3. The third-order valence-corrected chi connectivity index (χ3v) is 4.85. The number of nitrogens with two attached hydrogens (primary N) is 1. The van der Waals surface area contributed by atoms with Gasteiger partial charge in [0.2, 0.25) is 0 Å². The number of hydrogen-bond acceptors (Lipinski definition) is 5. The first-order chi connectivity index (χ1) is 9.04. The zero-order valence-electron chi connectivity index (χ0n) is 11.1. The molecule has 1 atom stereocenters. The lowest BCUT2D eigenvalue weighted by atomic mass is 9.76. The van der Waals surface area contributed by atoms with Crippen LogP contribution in [0.5, 0.6) is 0 Å². The van der Waals surface area contributed by atoms with Gasteiger partial charge in [-0.05, 0) is 19.3 Å². The van der Waals surface area contributed by atoms with Gasteiger partial charge in [-0.25, -0.2) is 0 Å². The van der Waals surface area contributed by atoms with Crippen molar-refractivity contribution >= 4 is 5.97 Å². The summed E-state index contributed by atoms with van der Waals surface area (Å²) in [6.45, 7) is 2.11. The minimum Gasteiger partial charge on any atom is -0.480 e. The van der Waals surface area contributed by atoms with Gasteiger partial charge < -0.3 is 20.3 Å². The van der Waals surface area contributed by atoms with E-state index in [1.54, 1.807) is 0 Å². The highest BCUT2D eigenvalue weighted by molar-refractivity contribution is 5.69. The number of aliphatic carboxylic acids is 1. The number of carboxylic acid groups (broad SMARTS) is 1. The first-order valence-electron chi connectivity index (χ1n) is 7.04. The smallest absolute Gasteiger partial charge is 0.317 e. The van der Waals surface area contributed by atoms with Crippen LogP contribution in [0.3, 0.4) is 0 Å². The van der Waals surface area contributed by atoms with Crippen LogP contribution in [0.4, 0.5) is 0 Å². The summed E-state index contributed by atoms with van der Waals surface area (Å²) in [5.41, 5.74) is 6.00. The highest BCUT2D eigenvalue weighted by atomic mass is 16.7. The average Bonchev–Trinajstić information content (AvgIpc) is 2.90. The normalized spacial score (nSPS) is 33.2. The molecule has 2 heterocycles. The number of hydrogen-bond donors (Lipinski definition) is 2. The van der Waals surface area contributed by atoms with Crippen molar-refractivity contribution in [2.45, 2.75) is 49.5 Å². The van der Waals surface area contributed by atoms with Crippen molar-refractivity contribution in [2.24, 2.45) is 5.73 Å². The SMILES string of the molecule is N[C@@H]1CN(CC(=O)O)C2(CCC3(CC2)OCCO3)C1. The molecule has 3 rings (SSSR count). The summed E-state index contributed by atoms with van der Waals surface area (Å²) in [4.78, 5) is 13.1. The molecule has 0 amide bonds. The predicted octanol–water partition coefficient (Wildman–Crippen LogP) is 0.160. The minimum absolute atomic E-state index is 0.0572. The van der Waals surface area contributed by atoms with Crippen molar-refractivity contribution in [1.82, 2.24) is 4.90 Å². The molecular weight excluding hydrogens is 248 g/mol. The molecule has 1 saturated carbocycles. The molecule has 0 aromatic rings. The Kier molecular flexibility index (Phi) is 3.29. The molecule has 6 nitrogen and oxygen atoms in total. The van der Waals surface area contributed by atoms with Crippen molar-refractivity contribution in [1.29, 1.82) is 0 Å². The van der Waals surface area contributed by atoms with Gasteiger partial charge in [0.1, 0.15) is 0 Å². The molecular formula is C13H22N2O4. The molecule has 2 aliphatic heterocycles. The van der Waals surface area contributed by atoms with Crippen LogP contribution in [-0.2, 0) is 14.3 Å². The maximum absolute atomic E-state index is 11.0. The Morgan fingerprint density at radius 3 is 2.47 bits per heavy atom. The van der Waals surface area contributed by atoms with Gasteiger partial charge in [0.15, 0.2) is 5.79 Å². The van der Waals surface area contributed by atoms with E-state index in [1.807, 2.05) is 0 Å². The average molecular weight is 270 g/mol. The highest BCUT2D eigenvalue weighted by Gasteiger charge is 2.52. The second-order valence-corrected chi connectivity index (χ2v) is 6.07. The zero-order chi connectivity index (χ0) is 13.5. The lowest BCUT2D eigenvalue weighted by molar-refractivity contribution is -0.192. The quantitative estimate of drug-likeness (QED) is 0.743. The van der Waals surface area contributed by atoms with Crippen molar-refractivity contribution in [2.75, 3.05) is 26.3 Å². The molecule has 0 aromatic heterocycles. The molecule has 3 fully saturated rings. The molecule has 19 heavy (non-hydrogen) atoms. The molecule has 0 bridgehead atoms. The van der Waals surface area contributed by atoms with E-state index in [2.05, 4.69) is 4.90 Å². The van der Waals surface area contributed by atoms with Gasteiger partial charge in [-0.2, -0.15) is 0 Å². The first-order valence-corrected chi connectivity index (χ1v) is 7.04. The van der Waals surface area contributed by atoms with Crippen molar-refractivity contribution in [3.05, 3.63) is 0 Å². The zero-order valence-corrected chi connectivity index (χ0v) is 11.1. The van der Waals surface area contributed by atoms with Gasteiger partial charge in [0.25, 0.3) is 0 Å². The van der Waals surface area contributed by atoms with Gasteiger partial charge in [0.05, 0.1) is 19.8 Å². The highest BCUT2D eigenvalue weighted by Crippen LogP contribution is 2.47. The van der Waals surface area contributed by atoms with Crippen LogP contribution in [0, 0.1) is 0 Å². The molecule has 2 spiro atoms. The Morgan fingerprint density at radius 2 is 1.89 bits per heavy atom. The fraction of sp³-hybridized carbons (Fsp3) is 0.923. The summed E-state index contributed by atoms with van der Waals surface area (Å²) in [5.74, 6) is -1.17. The van der Waals surface area contributed by atoms with E-state index in [-0.39, 0.29) is 18.1 Å². The van der Waals surface area contributed by atoms with E-state index in [0.29, 0.717) is 19.8 Å². The van der Waals surface area contributed by atoms with E-state index >= 15 is 0 Å². The maximum atomic E-state index is 11.0. The number of ether oxygens (including phenoxy) is 2. The topological polar surface area (TPSA) is 85.0 Å². The summed E-state index contributed by atoms with van der Waals surface area (Å²) in [6, 6.07) is 0.0822. The monoisotopic (exact) mass is 270 g/mol. The Bertz CT molecular complexity index is 358. The summed E-state index contributed by atoms with van der Waals surface area (Å²) in [5, 5.41) is 9.05. The van der Waals surface area contributed by atoms with Gasteiger partial charge in [-0.15, -0.1) is 0 Å². The van der Waals surface area contributed by atoms with Crippen molar-refractivity contribution in [3.8, 4) is 0 Å².